The first-order valence-electron chi connectivity index (χ1n) is 5.11. The Hall–Kier alpha value is -2.37. The number of hydrogen-bond donors (Lipinski definition) is 2. The van der Waals surface area contributed by atoms with Crippen LogP contribution in [0.5, 0.6) is 0 Å². The van der Waals surface area contributed by atoms with Crippen molar-refractivity contribution in [2.45, 2.75) is 6.92 Å². The molecule has 0 radical (unpaired) electrons. The molecule has 6 heteroatoms. The number of imidazole rings is 1. The lowest BCUT2D eigenvalue weighted by Crippen LogP contribution is -2.06. The monoisotopic (exact) mass is 233 g/mol. The lowest BCUT2D eigenvalue weighted by Gasteiger charge is -1.96. The van der Waals surface area contributed by atoms with E-state index in [2.05, 4.69) is 15.3 Å². The van der Waals surface area contributed by atoms with Crippen molar-refractivity contribution in [3.8, 4) is 0 Å². The van der Waals surface area contributed by atoms with Gasteiger partial charge in [0.2, 0.25) is 12.2 Å². The van der Waals surface area contributed by atoms with Gasteiger partial charge in [-0.1, -0.05) is 0 Å². The molecule has 0 unspecified atom stereocenters. The quantitative estimate of drug-likeness (QED) is 0.616. The van der Waals surface area contributed by atoms with E-state index >= 15 is 0 Å². The van der Waals surface area contributed by atoms with Crippen LogP contribution < -0.4 is 5.32 Å². The first-order chi connectivity index (χ1) is 8.24. The van der Waals surface area contributed by atoms with Crippen molar-refractivity contribution in [1.82, 2.24) is 9.97 Å². The molecule has 2 N–H and O–H groups in total. The number of anilines is 1. The molecule has 0 spiro atoms. The molecule has 1 aromatic heterocycles. The molecular weight excluding hydrogens is 222 g/mol. The van der Waals surface area contributed by atoms with Gasteiger partial charge in [0.1, 0.15) is 0 Å². The molecule has 6 nitrogen and oxygen atoms in total. The summed E-state index contributed by atoms with van der Waals surface area (Å²) in [5.41, 5.74) is 1.94. The average Bonchev–Trinajstić information content (AvgIpc) is 2.73. The lowest BCUT2D eigenvalue weighted by molar-refractivity contribution is -0.105. The first-order valence-corrected chi connectivity index (χ1v) is 5.11. The molecule has 2 rings (SSSR count). The number of carbonyl (C=O) groups excluding carboxylic acids is 2. The number of hydrogen-bond acceptors (Lipinski definition) is 4. The van der Waals surface area contributed by atoms with Gasteiger partial charge in [0.15, 0.2) is 0 Å². The fraction of sp³-hybridized carbons (Fsp3) is 0.182. The van der Waals surface area contributed by atoms with Crippen molar-refractivity contribution < 1.29 is 14.3 Å². The second-order valence-electron chi connectivity index (χ2n) is 3.30. The Kier molecular flexibility index (Phi) is 3.04. The number of fused-ring (bicyclic) bond motifs is 1. The molecule has 1 amide bonds. The zero-order valence-electron chi connectivity index (χ0n) is 9.19. The maximum absolute atomic E-state index is 11.4. The van der Waals surface area contributed by atoms with Gasteiger partial charge in [-0.05, 0) is 25.1 Å². The van der Waals surface area contributed by atoms with Crippen LogP contribution in [-0.4, -0.2) is 29.0 Å². The molecule has 0 fully saturated rings. The van der Waals surface area contributed by atoms with Crippen molar-refractivity contribution in [3.63, 3.8) is 0 Å². The van der Waals surface area contributed by atoms with Gasteiger partial charge in [-0.2, -0.15) is 0 Å². The minimum absolute atomic E-state index is 0.158. The predicted octanol–water partition coefficient (Wildman–Crippen LogP) is 1.31. The normalized spacial score (nSPS) is 10.2. The van der Waals surface area contributed by atoms with Crippen LogP contribution in [0.1, 0.15) is 17.5 Å². The molecular formula is C11H11N3O3. The predicted molar refractivity (Wildman–Crippen MR) is 61.7 cm³/mol. The van der Waals surface area contributed by atoms with Crippen LogP contribution in [0.4, 0.5) is 5.69 Å². The van der Waals surface area contributed by atoms with E-state index < -0.39 is 5.97 Å². The van der Waals surface area contributed by atoms with Crippen molar-refractivity contribution in [1.29, 1.82) is 0 Å². The number of benzene rings is 1. The highest BCUT2D eigenvalue weighted by Crippen LogP contribution is 2.17. The number of carbonyl (C=O) groups is 2. The Morgan fingerprint density at radius 2 is 2.41 bits per heavy atom. The second-order valence-corrected chi connectivity index (χ2v) is 3.30. The second kappa shape index (κ2) is 4.65. The summed E-state index contributed by atoms with van der Waals surface area (Å²) in [5, 5.41) is 2.52. The van der Waals surface area contributed by atoms with Crippen molar-refractivity contribution in [3.05, 3.63) is 24.0 Å². The summed E-state index contributed by atoms with van der Waals surface area (Å²) in [6, 6.07) is 5.10. The number of ether oxygens (including phenoxy) is 1. The van der Waals surface area contributed by atoms with Crippen LogP contribution in [-0.2, 0) is 9.53 Å². The van der Waals surface area contributed by atoms with Crippen LogP contribution in [0.2, 0.25) is 0 Å². The van der Waals surface area contributed by atoms with Gasteiger partial charge in [-0.25, -0.2) is 9.78 Å². The molecule has 0 aliphatic carbocycles. The summed E-state index contributed by atoms with van der Waals surface area (Å²) in [4.78, 5) is 28.7. The van der Waals surface area contributed by atoms with Gasteiger partial charge in [0.05, 0.1) is 17.6 Å². The average molecular weight is 233 g/mol. The smallest absolute Gasteiger partial charge is 0.374 e. The molecule has 17 heavy (non-hydrogen) atoms. The summed E-state index contributed by atoms with van der Waals surface area (Å²) in [7, 11) is 0. The third-order valence-corrected chi connectivity index (χ3v) is 2.18. The highest BCUT2D eigenvalue weighted by molar-refractivity contribution is 5.91. The van der Waals surface area contributed by atoms with Gasteiger partial charge in [-0.15, -0.1) is 0 Å². The van der Waals surface area contributed by atoms with E-state index in [-0.39, 0.29) is 5.82 Å². The summed E-state index contributed by atoms with van der Waals surface area (Å²) in [6.07, 6.45) is 0.587. The van der Waals surface area contributed by atoms with E-state index in [1.807, 2.05) is 0 Å². The number of nitrogens with zero attached hydrogens (tertiary/aromatic N) is 1. The Morgan fingerprint density at radius 1 is 1.59 bits per heavy atom. The number of rotatable bonds is 4. The minimum Gasteiger partial charge on any atom is -0.460 e. The van der Waals surface area contributed by atoms with E-state index in [9.17, 15) is 9.59 Å². The van der Waals surface area contributed by atoms with Gasteiger partial charge >= 0.3 is 5.97 Å². The molecule has 0 saturated heterocycles. The Bertz CT molecular complexity index is 562. The fourth-order valence-electron chi connectivity index (χ4n) is 1.46. The number of aromatic nitrogens is 2. The largest absolute Gasteiger partial charge is 0.460 e. The third kappa shape index (κ3) is 2.25. The molecule has 0 atom stereocenters. The van der Waals surface area contributed by atoms with Gasteiger partial charge in [-0.3, -0.25) is 4.79 Å². The molecule has 1 heterocycles. The topological polar surface area (TPSA) is 84.1 Å². The molecule has 0 aliphatic heterocycles. The lowest BCUT2D eigenvalue weighted by atomic mass is 10.3. The SMILES string of the molecule is CCOC(=O)c1nc2ccc(NC=O)cc2[nH]1. The van der Waals surface area contributed by atoms with Crippen molar-refractivity contribution >= 4 is 29.1 Å². The van der Waals surface area contributed by atoms with E-state index in [0.717, 1.165) is 0 Å². The molecule has 0 aliphatic rings. The van der Waals surface area contributed by atoms with Crippen LogP contribution in [0.25, 0.3) is 11.0 Å². The molecule has 1 aromatic carbocycles. The molecule has 2 aromatic rings. The number of amides is 1. The summed E-state index contributed by atoms with van der Waals surface area (Å²) in [6.45, 7) is 2.03. The zero-order chi connectivity index (χ0) is 12.3. The third-order valence-electron chi connectivity index (χ3n) is 2.18. The van der Waals surface area contributed by atoms with Crippen LogP contribution in [0.3, 0.4) is 0 Å². The Morgan fingerprint density at radius 3 is 3.12 bits per heavy atom. The summed E-state index contributed by atoms with van der Waals surface area (Å²) < 4.78 is 4.83. The van der Waals surface area contributed by atoms with E-state index in [1.54, 1.807) is 25.1 Å². The number of H-pyrrole nitrogens is 1. The number of esters is 1. The Balaban J connectivity index is 2.36. The first kappa shape index (κ1) is 11.1. The number of aromatic amines is 1. The maximum Gasteiger partial charge on any atom is 0.374 e. The van der Waals surface area contributed by atoms with Crippen LogP contribution in [0.15, 0.2) is 18.2 Å². The van der Waals surface area contributed by atoms with Crippen molar-refractivity contribution in [2.75, 3.05) is 11.9 Å². The van der Waals surface area contributed by atoms with Crippen molar-refractivity contribution in [2.24, 2.45) is 0 Å². The maximum atomic E-state index is 11.4. The van der Waals surface area contributed by atoms with Crippen LogP contribution in [0, 0.1) is 0 Å². The van der Waals surface area contributed by atoms with Gasteiger partial charge < -0.3 is 15.0 Å². The highest BCUT2D eigenvalue weighted by Gasteiger charge is 2.12. The molecule has 0 saturated carbocycles. The van der Waals surface area contributed by atoms with E-state index in [1.165, 1.54) is 0 Å². The Labute approximate surface area is 97.0 Å². The van der Waals surface area contributed by atoms with E-state index in [0.29, 0.717) is 29.7 Å². The highest BCUT2D eigenvalue weighted by atomic mass is 16.5. The van der Waals surface area contributed by atoms with E-state index in [4.69, 9.17) is 4.74 Å². The van der Waals surface area contributed by atoms with Gasteiger partial charge in [0.25, 0.3) is 0 Å². The fourth-order valence-corrected chi connectivity index (χ4v) is 1.46. The zero-order valence-corrected chi connectivity index (χ0v) is 9.19. The summed E-state index contributed by atoms with van der Waals surface area (Å²) >= 11 is 0. The number of nitrogens with one attached hydrogen (secondary N) is 2. The van der Waals surface area contributed by atoms with Crippen LogP contribution >= 0.6 is 0 Å². The standard InChI is InChI=1S/C11H11N3O3/c1-2-17-11(16)10-13-8-4-3-7(12-6-15)5-9(8)14-10/h3-6H,2H2,1H3,(H,12,15)(H,13,14). The molecule has 88 valence electrons. The van der Waals surface area contributed by atoms with Gasteiger partial charge in [0, 0.05) is 5.69 Å². The molecule has 0 bridgehead atoms. The minimum atomic E-state index is -0.492. The summed E-state index contributed by atoms with van der Waals surface area (Å²) in [5.74, 6) is -0.335.